The third-order valence-corrected chi connectivity index (χ3v) is 3.40. The molecule has 1 atom stereocenters. The van der Waals surface area contributed by atoms with Crippen LogP contribution < -0.4 is 15.8 Å². The minimum absolute atomic E-state index is 0.0522. The summed E-state index contributed by atoms with van der Waals surface area (Å²) in [6, 6.07) is 7.40. The SMILES string of the molecule is CCCC(CCN)CCC(=O)Nc1cccc(OC)c1. The van der Waals surface area contributed by atoms with Crippen LogP contribution in [0.2, 0.25) is 0 Å². The van der Waals surface area contributed by atoms with Crippen LogP contribution in [0.25, 0.3) is 0 Å². The molecule has 1 rings (SSSR count). The Labute approximate surface area is 121 Å². The van der Waals surface area contributed by atoms with Gasteiger partial charge in [-0.2, -0.15) is 0 Å². The molecule has 0 spiro atoms. The third kappa shape index (κ3) is 6.06. The van der Waals surface area contributed by atoms with Crippen molar-refractivity contribution in [3.63, 3.8) is 0 Å². The van der Waals surface area contributed by atoms with Crippen molar-refractivity contribution in [3.8, 4) is 5.75 Å². The van der Waals surface area contributed by atoms with Crippen molar-refractivity contribution in [2.75, 3.05) is 19.0 Å². The van der Waals surface area contributed by atoms with Crippen molar-refractivity contribution in [3.05, 3.63) is 24.3 Å². The van der Waals surface area contributed by atoms with Crippen molar-refractivity contribution < 1.29 is 9.53 Å². The van der Waals surface area contributed by atoms with Crippen LogP contribution in [0.1, 0.15) is 39.0 Å². The quantitative estimate of drug-likeness (QED) is 0.729. The summed E-state index contributed by atoms with van der Waals surface area (Å²) in [7, 11) is 1.61. The Morgan fingerprint density at radius 3 is 2.80 bits per heavy atom. The molecule has 0 aromatic heterocycles. The molecule has 1 amide bonds. The second kappa shape index (κ2) is 9.37. The number of hydrogen-bond donors (Lipinski definition) is 2. The highest BCUT2D eigenvalue weighted by Gasteiger charge is 2.10. The molecule has 20 heavy (non-hydrogen) atoms. The molecule has 0 aliphatic carbocycles. The third-order valence-electron chi connectivity index (χ3n) is 3.40. The van der Waals surface area contributed by atoms with Gasteiger partial charge in [-0.05, 0) is 37.4 Å². The summed E-state index contributed by atoms with van der Waals surface area (Å²) in [5.41, 5.74) is 6.39. The minimum atomic E-state index is 0.0522. The predicted molar refractivity (Wildman–Crippen MR) is 82.9 cm³/mol. The second-order valence-corrected chi connectivity index (χ2v) is 5.05. The van der Waals surface area contributed by atoms with E-state index in [4.69, 9.17) is 10.5 Å². The molecular formula is C16H26N2O2. The molecular weight excluding hydrogens is 252 g/mol. The van der Waals surface area contributed by atoms with Crippen molar-refractivity contribution in [1.82, 2.24) is 0 Å². The maximum atomic E-state index is 11.9. The molecule has 4 heteroatoms. The van der Waals surface area contributed by atoms with Crippen LogP contribution in [0.4, 0.5) is 5.69 Å². The molecule has 4 nitrogen and oxygen atoms in total. The monoisotopic (exact) mass is 278 g/mol. The van der Waals surface area contributed by atoms with Crippen molar-refractivity contribution >= 4 is 11.6 Å². The lowest BCUT2D eigenvalue weighted by Gasteiger charge is -2.14. The summed E-state index contributed by atoms with van der Waals surface area (Å²) in [5, 5.41) is 2.91. The van der Waals surface area contributed by atoms with Gasteiger partial charge in [0.2, 0.25) is 5.91 Å². The van der Waals surface area contributed by atoms with E-state index in [0.29, 0.717) is 18.9 Å². The highest BCUT2D eigenvalue weighted by molar-refractivity contribution is 5.90. The van der Waals surface area contributed by atoms with E-state index in [-0.39, 0.29) is 5.91 Å². The Balaban J connectivity index is 2.42. The molecule has 1 aromatic carbocycles. The fourth-order valence-corrected chi connectivity index (χ4v) is 2.34. The van der Waals surface area contributed by atoms with Gasteiger partial charge in [0, 0.05) is 18.2 Å². The van der Waals surface area contributed by atoms with Crippen LogP contribution in [0.3, 0.4) is 0 Å². The van der Waals surface area contributed by atoms with Crippen molar-refractivity contribution in [2.45, 2.75) is 39.0 Å². The fourth-order valence-electron chi connectivity index (χ4n) is 2.34. The summed E-state index contributed by atoms with van der Waals surface area (Å²) >= 11 is 0. The van der Waals surface area contributed by atoms with Gasteiger partial charge in [-0.3, -0.25) is 4.79 Å². The molecule has 0 aliphatic heterocycles. The highest BCUT2D eigenvalue weighted by Crippen LogP contribution is 2.19. The molecule has 0 bridgehead atoms. The molecule has 3 N–H and O–H groups in total. The first-order valence-electron chi connectivity index (χ1n) is 7.33. The minimum Gasteiger partial charge on any atom is -0.497 e. The van der Waals surface area contributed by atoms with E-state index in [9.17, 15) is 4.79 Å². The number of anilines is 1. The van der Waals surface area contributed by atoms with Crippen molar-refractivity contribution in [2.24, 2.45) is 11.7 Å². The van der Waals surface area contributed by atoms with Gasteiger partial charge in [0.05, 0.1) is 7.11 Å². The van der Waals surface area contributed by atoms with Gasteiger partial charge in [-0.15, -0.1) is 0 Å². The predicted octanol–water partition coefficient (Wildman–Crippen LogP) is 3.18. The summed E-state index contributed by atoms with van der Waals surface area (Å²) in [6.45, 7) is 2.86. The first-order valence-corrected chi connectivity index (χ1v) is 7.33. The van der Waals surface area contributed by atoms with E-state index in [1.165, 1.54) is 0 Å². The Hall–Kier alpha value is -1.55. The van der Waals surface area contributed by atoms with Gasteiger partial charge >= 0.3 is 0 Å². The molecule has 1 unspecified atom stereocenters. The van der Waals surface area contributed by atoms with Crippen LogP contribution in [0.5, 0.6) is 5.75 Å². The van der Waals surface area contributed by atoms with Crippen molar-refractivity contribution in [1.29, 1.82) is 0 Å². The molecule has 0 heterocycles. The normalized spacial score (nSPS) is 11.9. The number of hydrogen-bond acceptors (Lipinski definition) is 3. The van der Waals surface area contributed by atoms with E-state index in [1.54, 1.807) is 7.11 Å². The van der Waals surface area contributed by atoms with Gasteiger partial charge in [0.15, 0.2) is 0 Å². The van der Waals surface area contributed by atoms with Gasteiger partial charge < -0.3 is 15.8 Å². The second-order valence-electron chi connectivity index (χ2n) is 5.05. The highest BCUT2D eigenvalue weighted by atomic mass is 16.5. The average molecular weight is 278 g/mol. The zero-order chi connectivity index (χ0) is 14.8. The number of carbonyl (C=O) groups is 1. The first-order chi connectivity index (χ1) is 9.69. The lowest BCUT2D eigenvalue weighted by Crippen LogP contribution is -2.15. The van der Waals surface area contributed by atoms with Gasteiger partial charge in [-0.25, -0.2) is 0 Å². The van der Waals surface area contributed by atoms with E-state index in [2.05, 4.69) is 12.2 Å². The van der Waals surface area contributed by atoms with Crippen LogP contribution in [-0.2, 0) is 4.79 Å². The summed E-state index contributed by atoms with van der Waals surface area (Å²) in [5.74, 6) is 1.35. The Bertz CT molecular complexity index is 401. The summed E-state index contributed by atoms with van der Waals surface area (Å²) < 4.78 is 5.13. The Morgan fingerprint density at radius 1 is 1.35 bits per heavy atom. The van der Waals surface area contributed by atoms with E-state index in [1.807, 2.05) is 24.3 Å². The summed E-state index contributed by atoms with van der Waals surface area (Å²) in [4.78, 5) is 11.9. The van der Waals surface area contributed by atoms with Crippen LogP contribution >= 0.6 is 0 Å². The Morgan fingerprint density at radius 2 is 2.15 bits per heavy atom. The lowest BCUT2D eigenvalue weighted by atomic mass is 9.94. The van der Waals surface area contributed by atoms with E-state index >= 15 is 0 Å². The number of methoxy groups -OCH3 is 1. The lowest BCUT2D eigenvalue weighted by molar-refractivity contribution is -0.116. The number of rotatable bonds is 9. The Kier molecular flexibility index (Phi) is 7.73. The number of benzene rings is 1. The maximum Gasteiger partial charge on any atom is 0.224 e. The topological polar surface area (TPSA) is 64.4 Å². The molecule has 112 valence electrons. The molecule has 1 aromatic rings. The van der Waals surface area contributed by atoms with Crippen LogP contribution in [0, 0.1) is 5.92 Å². The molecule has 0 saturated carbocycles. The number of nitrogens with one attached hydrogen (secondary N) is 1. The zero-order valence-electron chi connectivity index (χ0n) is 12.5. The van der Waals surface area contributed by atoms with Gasteiger partial charge in [0.1, 0.15) is 5.75 Å². The fraction of sp³-hybridized carbons (Fsp3) is 0.562. The summed E-state index contributed by atoms with van der Waals surface area (Å²) in [6.07, 6.45) is 4.73. The number of carbonyl (C=O) groups excluding carboxylic acids is 1. The van der Waals surface area contributed by atoms with Crippen LogP contribution in [-0.4, -0.2) is 19.6 Å². The standard InChI is InChI=1S/C16H26N2O2/c1-3-5-13(10-11-17)8-9-16(19)18-14-6-4-7-15(12-14)20-2/h4,6-7,12-13H,3,5,8-11,17H2,1-2H3,(H,18,19). The number of amides is 1. The first kappa shape index (κ1) is 16.5. The molecule has 0 aliphatic rings. The van der Waals surface area contributed by atoms with Gasteiger partial charge in [-0.1, -0.05) is 25.8 Å². The zero-order valence-corrected chi connectivity index (χ0v) is 12.5. The number of nitrogens with two attached hydrogens (primary N) is 1. The molecule has 0 fully saturated rings. The maximum absolute atomic E-state index is 11.9. The van der Waals surface area contributed by atoms with Crippen LogP contribution in [0.15, 0.2) is 24.3 Å². The molecule has 0 radical (unpaired) electrons. The average Bonchev–Trinajstić information content (AvgIpc) is 2.45. The largest absolute Gasteiger partial charge is 0.497 e. The van der Waals surface area contributed by atoms with E-state index < -0.39 is 0 Å². The smallest absolute Gasteiger partial charge is 0.224 e. The van der Waals surface area contributed by atoms with E-state index in [0.717, 1.165) is 37.1 Å². The number of ether oxygens (including phenoxy) is 1. The van der Waals surface area contributed by atoms with Gasteiger partial charge in [0.25, 0.3) is 0 Å². The molecule has 0 saturated heterocycles.